The topological polar surface area (TPSA) is 67.4 Å². The average Bonchev–Trinajstić information content (AvgIpc) is 2.75. The van der Waals surface area contributed by atoms with Gasteiger partial charge in [-0.2, -0.15) is 0 Å². The van der Waals surface area contributed by atoms with Crippen molar-refractivity contribution in [1.82, 2.24) is 5.32 Å². The number of rotatable bonds is 8. The number of para-hydroxylation sites is 2. The molecule has 0 saturated heterocycles. The molecule has 29 heavy (non-hydrogen) atoms. The summed E-state index contributed by atoms with van der Waals surface area (Å²) in [5.74, 6) is 0.0638. The Kier molecular flexibility index (Phi) is 7.00. The van der Waals surface area contributed by atoms with Gasteiger partial charge in [0, 0.05) is 6.54 Å². The number of amides is 2. The Balaban J connectivity index is 1.59. The number of hydrogen-bond acceptors (Lipinski definition) is 3. The average molecular weight is 388 g/mol. The van der Waals surface area contributed by atoms with Crippen molar-refractivity contribution in [2.24, 2.45) is 0 Å². The largest absolute Gasteiger partial charge is 0.481 e. The molecule has 0 aliphatic carbocycles. The lowest BCUT2D eigenvalue weighted by atomic mass is 10.1. The Hall–Kier alpha value is -3.60. The van der Waals surface area contributed by atoms with Crippen LogP contribution in [0.5, 0.6) is 5.75 Å². The quantitative estimate of drug-likeness (QED) is 0.611. The van der Waals surface area contributed by atoms with Gasteiger partial charge in [-0.3, -0.25) is 9.59 Å². The molecular formula is C24H24N2O3. The molecular weight excluding hydrogens is 364 g/mol. The number of ether oxygens (including phenoxy) is 1. The van der Waals surface area contributed by atoms with Crippen molar-refractivity contribution in [3.05, 3.63) is 96.1 Å². The molecule has 0 fully saturated rings. The van der Waals surface area contributed by atoms with Crippen LogP contribution in [-0.2, 0) is 11.2 Å². The van der Waals surface area contributed by atoms with E-state index in [0.717, 1.165) is 12.0 Å². The maximum atomic E-state index is 12.6. The first kappa shape index (κ1) is 20.1. The maximum Gasteiger partial charge on any atom is 0.265 e. The van der Waals surface area contributed by atoms with Gasteiger partial charge in [0.05, 0.1) is 11.3 Å². The molecule has 5 heteroatoms. The normalized spacial score (nSPS) is 11.3. The standard InChI is InChI=1S/C24H24N2O3/c1-18(29-20-12-6-3-7-13-20)23(27)26-22-15-9-8-14-21(22)24(28)25-17-16-19-10-4-2-5-11-19/h2-15,18H,16-17H2,1H3,(H,25,28)(H,26,27). The monoisotopic (exact) mass is 388 g/mol. The molecule has 0 aromatic heterocycles. The number of benzene rings is 3. The molecule has 1 unspecified atom stereocenters. The molecule has 5 nitrogen and oxygen atoms in total. The van der Waals surface area contributed by atoms with Crippen molar-refractivity contribution in [2.45, 2.75) is 19.4 Å². The van der Waals surface area contributed by atoms with Crippen molar-refractivity contribution >= 4 is 17.5 Å². The number of carbonyl (C=O) groups excluding carboxylic acids is 2. The van der Waals surface area contributed by atoms with Crippen LogP contribution in [0.1, 0.15) is 22.8 Å². The third-order valence-corrected chi connectivity index (χ3v) is 4.40. The molecule has 0 aliphatic rings. The molecule has 2 N–H and O–H groups in total. The summed E-state index contributed by atoms with van der Waals surface area (Å²) in [5.41, 5.74) is 2.03. The molecule has 148 valence electrons. The molecule has 0 heterocycles. The van der Waals surface area contributed by atoms with E-state index >= 15 is 0 Å². The first-order chi connectivity index (χ1) is 14.1. The fraction of sp³-hybridized carbons (Fsp3) is 0.167. The zero-order chi connectivity index (χ0) is 20.5. The van der Waals surface area contributed by atoms with Gasteiger partial charge < -0.3 is 15.4 Å². The van der Waals surface area contributed by atoms with Crippen LogP contribution >= 0.6 is 0 Å². The minimum absolute atomic E-state index is 0.228. The van der Waals surface area contributed by atoms with E-state index in [2.05, 4.69) is 10.6 Å². The van der Waals surface area contributed by atoms with Gasteiger partial charge in [0.15, 0.2) is 6.10 Å². The third kappa shape index (κ3) is 5.94. The smallest absolute Gasteiger partial charge is 0.265 e. The van der Waals surface area contributed by atoms with E-state index in [1.165, 1.54) is 0 Å². The van der Waals surface area contributed by atoms with Crippen molar-refractivity contribution in [2.75, 3.05) is 11.9 Å². The number of carbonyl (C=O) groups is 2. The molecule has 0 radical (unpaired) electrons. The van der Waals surface area contributed by atoms with E-state index in [1.807, 2.05) is 48.5 Å². The van der Waals surface area contributed by atoms with Gasteiger partial charge in [-0.1, -0.05) is 60.7 Å². The molecule has 0 saturated carbocycles. The minimum atomic E-state index is -0.702. The van der Waals surface area contributed by atoms with E-state index in [1.54, 1.807) is 43.3 Å². The molecule has 0 spiro atoms. The zero-order valence-electron chi connectivity index (χ0n) is 16.3. The van der Waals surface area contributed by atoms with Crippen LogP contribution in [-0.4, -0.2) is 24.5 Å². The molecule has 3 aromatic rings. The number of anilines is 1. The van der Waals surface area contributed by atoms with Crippen LogP contribution in [0.2, 0.25) is 0 Å². The maximum absolute atomic E-state index is 12.6. The number of hydrogen-bond donors (Lipinski definition) is 2. The van der Waals surface area contributed by atoms with Gasteiger partial charge >= 0.3 is 0 Å². The lowest BCUT2D eigenvalue weighted by Crippen LogP contribution is -2.32. The van der Waals surface area contributed by atoms with Gasteiger partial charge in [-0.05, 0) is 43.2 Å². The Labute approximate surface area is 170 Å². The summed E-state index contributed by atoms with van der Waals surface area (Å²) < 4.78 is 5.65. The van der Waals surface area contributed by atoms with Gasteiger partial charge in [0.1, 0.15) is 5.75 Å². The SMILES string of the molecule is CC(Oc1ccccc1)C(=O)Nc1ccccc1C(=O)NCCc1ccccc1. The highest BCUT2D eigenvalue weighted by atomic mass is 16.5. The van der Waals surface area contributed by atoms with E-state index in [-0.39, 0.29) is 11.8 Å². The van der Waals surface area contributed by atoms with Crippen LogP contribution in [0.4, 0.5) is 5.69 Å². The highest BCUT2D eigenvalue weighted by Gasteiger charge is 2.18. The zero-order valence-corrected chi connectivity index (χ0v) is 16.3. The van der Waals surface area contributed by atoms with Crippen LogP contribution in [0, 0.1) is 0 Å². The fourth-order valence-corrected chi connectivity index (χ4v) is 2.84. The second-order valence-electron chi connectivity index (χ2n) is 6.60. The van der Waals surface area contributed by atoms with Crippen molar-refractivity contribution in [3.63, 3.8) is 0 Å². The highest BCUT2D eigenvalue weighted by Crippen LogP contribution is 2.17. The predicted octanol–water partition coefficient (Wildman–Crippen LogP) is 4.07. The first-order valence-electron chi connectivity index (χ1n) is 9.57. The molecule has 0 bridgehead atoms. The van der Waals surface area contributed by atoms with E-state index in [9.17, 15) is 9.59 Å². The fourth-order valence-electron chi connectivity index (χ4n) is 2.84. The second kappa shape index (κ2) is 10.1. The molecule has 3 aromatic carbocycles. The first-order valence-corrected chi connectivity index (χ1v) is 9.57. The van der Waals surface area contributed by atoms with Crippen molar-refractivity contribution in [1.29, 1.82) is 0 Å². The molecule has 2 amide bonds. The van der Waals surface area contributed by atoms with Crippen LogP contribution in [0.15, 0.2) is 84.9 Å². The summed E-state index contributed by atoms with van der Waals surface area (Å²) in [5, 5.41) is 5.70. The summed E-state index contributed by atoms with van der Waals surface area (Å²) in [6, 6.07) is 26.0. The van der Waals surface area contributed by atoms with Crippen molar-refractivity contribution in [3.8, 4) is 5.75 Å². The van der Waals surface area contributed by atoms with E-state index < -0.39 is 6.10 Å². The van der Waals surface area contributed by atoms with Gasteiger partial charge in [0.2, 0.25) is 0 Å². The van der Waals surface area contributed by atoms with Gasteiger partial charge in [0.25, 0.3) is 11.8 Å². The predicted molar refractivity (Wildman–Crippen MR) is 114 cm³/mol. The van der Waals surface area contributed by atoms with Crippen LogP contribution < -0.4 is 15.4 Å². The number of nitrogens with one attached hydrogen (secondary N) is 2. The van der Waals surface area contributed by atoms with E-state index in [0.29, 0.717) is 23.5 Å². The molecule has 1 atom stereocenters. The van der Waals surface area contributed by atoms with Crippen LogP contribution in [0.3, 0.4) is 0 Å². The summed E-state index contributed by atoms with van der Waals surface area (Å²) in [6.07, 6.45) is 0.0369. The lowest BCUT2D eigenvalue weighted by Gasteiger charge is -2.16. The Morgan fingerprint density at radius 2 is 1.48 bits per heavy atom. The molecule has 0 aliphatic heterocycles. The third-order valence-electron chi connectivity index (χ3n) is 4.40. The summed E-state index contributed by atoms with van der Waals surface area (Å²) in [7, 11) is 0. The minimum Gasteiger partial charge on any atom is -0.481 e. The van der Waals surface area contributed by atoms with E-state index in [4.69, 9.17) is 4.74 Å². The molecule has 3 rings (SSSR count). The summed E-state index contributed by atoms with van der Waals surface area (Å²) in [4.78, 5) is 25.1. The summed E-state index contributed by atoms with van der Waals surface area (Å²) >= 11 is 0. The van der Waals surface area contributed by atoms with Crippen LogP contribution in [0.25, 0.3) is 0 Å². The van der Waals surface area contributed by atoms with Gasteiger partial charge in [-0.25, -0.2) is 0 Å². The Morgan fingerprint density at radius 3 is 2.21 bits per heavy atom. The summed E-state index contributed by atoms with van der Waals surface area (Å²) in [6.45, 7) is 2.18. The Morgan fingerprint density at radius 1 is 0.862 bits per heavy atom. The highest BCUT2D eigenvalue weighted by molar-refractivity contribution is 6.04. The Bertz CT molecular complexity index is 943. The lowest BCUT2D eigenvalue weighted by molar-refractivity contribution is -0.122. The van der Waals surface area contributed by atoms with Crippen molar-refractivity contribution < 1.29 is 14.3 Å². The second-order valence-corrected chi connectivity index (χ2v) is 6.60. The van der Waals surface area contributed by atoms with Gasteiger partial charge in [-0.15, -0.1) is 0 Å².